The average Bonchev–Trinajstić information content (AvgIpc) is 2.51. The average molecular weight is 296 g/mol. The smallest absolute Gasteiger partial charge is 0.328 e. The van der Waals surface area contributed by atoms with E-state index in [-0.39, 0.29) is 0 Å². The van der Waals surface area contributed by atoms with Crippen molar-refractivity contribution in [3.8, 4) is 0 Å². The zero-order chi connectivity index (χ0) is 15.7. The van der Waals surface area contributed by atoms with Gasteiger partial charge in [-0.1, -0.05) is 18.6 Å². The molecule has 114 valence electrons. The van der Waals surface area contributed by atoms with Crippen molar-refractivity contribution in [1.82, 2.24) is 9.88 Å². The summed E-state index contributed by atoms with van der Waals surface area (Å²) in [7, 11) is 0. The maximum atomic E-state index is 11.0. The number of hydrogen-bond donors (Lipinski definition) is 1. The van der Waals surface area contributed by atoms with Crippen LogP contribution in [0, 0.1) is 6.92 Å². The van der Waals surface area contributed by atoms with Gasteiger partial charge in [-0.05, 0) is 42.8 Å². The van der Waals surface area contributed by atoms with E-state index in [4.69, 9.17) is 10.1 Å². The second-order valence-electron chi connectivity index (χ2n) is 5.76. The highest BCUT2D eigenvalue weighted by molar-refractivity contribution is 5.94. The molecule has 1 aromatic carbocycles. The molecule has 0 saturated carbocycles. The van der Waals surface area contributed by atoms with Crippen LogP contribution >= 0.6 is 0 Å². The largest absolute Gasteiger partial charge is 0.478 e. The number of fused-ring (bicyclic) bond motifs is 2. The lowest BCUT2D eigenvalue weighted by atomic mass is 9.94. The van der Waals surface area contributed by atoms with E-state index in [2.05, 4.69) is 17.9 Å². The minimum atomic E-state index is -0.922. The number of likely N-dealkylation sites (N-methyl/N-ethyl adjacent to an activating group) is 1. The maximum Gasteiger partial charge on any atom is 0.328 e. The van der Waals surface area contributed by atoms with Crippen LogP contribution in [0.5, 0.6) is 0 Å². The summed E-state index contributed by atoms with van der Waals surface area (Å²) in [5.41, 5.74) is 5.38. The molecule has 0 spiro atoms. The van der Waals surface area contributed by atoms with Gasteiger partial charge >= 0.3 is 5.97 Å². The molecule has 1 aliphatic rings. The fourth-order valence-corrected chi connectivity index (χ4v) is 3.06. The van der Waals surface area contributed by atoms with Gasteiger partial charge in [0.2, 0.25) is 0 Å². The molecule has 2 heterocycles. The Balaban J connectivity index is 2.24. The highest BCUT2D eigenvalue weighted by Gasteiger charge is 2.20. The Kier molecular flexibility index (Phi) is 3.94. The molecule has 0 amide bonds. The van der Waals surface area contributed by atoms with E-state index in [1.165, 1.54) is 11.6 Å². The predicted molar refractivity (Wildman–Crippen MR) is 87.8 cm³/mol. The lowest BCUT2D eigenvalue weighted by molar-refractivity contribution is -0.131. The lowest BCUT2D eigenvalue weighted by Crippen LogP contribution is -2.31. The molecular formula is C18H20N2O2. The van der Waals surface area contributed by atoms with Crippen LogP contribution in [0.3, 0.4) is 0 Å². The minimum absolute atomic E-state index is 0.835. The van der Waals surface area contributed by atoms with Crippen molar-refractivity contribution in [2.24, 2.45) is 0 Å². The summed E-state index contributed by atoms with van der Waals surface area (Å²) in [5, 5.41) is 10.0. The van der Waals surface area contributed by atoms with Crippen LogP contribution in [0.4, 0.5) is 0 Å². The first-order valence-electron chi connectivity index (χ1n) is 7.64. The van der Waals surface area contributed by atoms with Crippen LogP contribution in [0.1, 0.15) is 29.3 Å². The SMILES string of the molecule is CCN1CCc2nc3ccc(C)cc3c(/C=C/C(=O)O)c2C1. The molecule has 1 N–H and O–H groups in total. The zero-order valence-electron chi connectivity index (χ0n) is 13.0. The summed E-state index contributed by atoms with van der Waals surface area (Å²) in [6.07, 6.45) is 3.87. The van der Waals surface area contributed by atoms with Gasteiger partial charge in [0, 0.05) is 36.7 Å². The van der Waals surface area contributed by atoms with Crippen LogP contribution in [0.15, 0.2) is 24.3 Å². The second-order valence-corrected chi connectivity index (χ2v) is 5.76. The van der Waals surface area contributed by atoms with Crippen LogP contribution in [-0.2, 0) is 17.8 Å². The van der Waals surface area contributed by atoms with Gasteiger partial charge in [-0.15, -0.1) is 0 Å². The Labute approximate surface area is 130 Å². The number of carboxylic acids is 1. The Morgan fingerprint density at radius 1 is 1.45 bits per heavy atom. The number of carboxylic acid groups (broad SMARTS) is 1. The van der Waals surface area contributed by atoms with Gasteiger partial charge in [0.1, 0.15) is 0 Å². The molecule has 0 saturated heterocycles. The van der Waals surface area contributed by atoms with E-state index >= 15 is 0 Å². The summed E-state index contributed by atoms with van der Waals surface area (Å²) in [4.78, 5) is 18.1. The monoisotopic (exact) mass is 296 g/mol. The predicted octanol–water partition coefficient (Wildman–Crippen LogP) is 3.02. The number of pyridine rings is 1. The van der Waals surface area contributed by atoms with Crippen LogP contribution < -0.4 is 0 Å². The van der Waals surface area contributed by atoms with Crippen LogP contribution in [0.25, 0.3) is 17.0 Å². The van der Waals surface area contributed by atoms with E-state index < -0.39 is 5.97 Å². The number of nitrogens with zero attached hydrogens (tertiary/aromatic N) is 2. The Hall–Kier alpha value is -2.20. The standard InChI is InChI=1S/C18H20N2O2/c1-3-20-9-8-17-15(11-20)13(5-7-18(21)22)14-10-12(2)4-6-16(14)19-17/h4-7,10H,3,8-9,11H2,1-2H3,(H,21,22)/b7-5+. The molecule has 0 atom stereocenters. The Morgan fingerprint density at radius 2 is 2.27 bits per heavy atom. The molecule has 2 aromatic rings. The highest BCUT2D eigenvalue weighted by Crippen LogP contribution is 2.29. The maximum absolute atomic E-state index is 11.0. The number of benzene rings is 1. The molecular weight excluding hydrogens is 276 g/mol. The third kappa shape index (κ3) is 2.74. The highest BCUT2D eigenvalue weighted by atomic mass is 16.4. The van der Waals surface area contributed by atoms with Crippen molar-refractivity contribution in [3.05, 3.63) is 46.7 Å². The topological polar surface area (TPSA) is 53.4 Å². The van der Waals surface area contributed by atoms with Gasteiger partial charge in [0.15, 0.2) is 0 Å². The number of aryl methyl sites for hydroxylation is 1. The van der Waals surface area contributed by atoms with Gasteiger partial charge in [0.05, 0.1) is 5.52 Å². The molecule has 0 radical (unpaired) electrons. The van der Waals surface area contributed by atoms with Crippen molar-refractivity contribution in [3.63, 3.8) is 0 Å². The van der Waals surface area contributed by atoms with E-state index in [0.717, 1.165) is 53.8 Å². The minimum Gasteiger partial charge on any atom is -0.478 e. The lowest BCUT2D eigenvalue weighted by Gasteiger charge is -2.28. The fourth-order valence-electron chi connectivity index (χ4n) is 3.06. The van der Waals surface area contributed by atoms with Gasteiger partial charge in [0.25, 0.3) is 0 Å². The van der Waals surface area contributed by atoms with E-state index in [0.29, 0.717) is 0 Å². The van der Waals surface area contributed by atoms with Gasteiger partial charge in [-0.2, -0.15) is 0 Å². The summed E-state index contributed by atoms with van der Waals surface area (Å²) in [6.45, 7) is 7.03. The summed E-state index contributed by atoms with van der Waals surface area (Å²) in [5.74, 6) is -0.922. The van der Waals surface area contributed by atoms with Crippen LogP contribution in [0.2, 0.25) is 0 Å². The van der Waals surface area contributed by atoms with Gasteiger partial charge in [-0.25, -0.2) is 4.79 Å². The van der Waals surface area contributed by atoms with Gasteiger partial charge in [-0.3, -0.25) is 9.88 Å². The van der Waals surface area contributed by atoms with Crippen molar-refractivity contribution in [1.29, 1.82) is 0 Å². The third-order valence-corrected chi connectivity index (χ3v) is 4.26. The number of aromatic nitrogens is 1. The normalized spacial score (nSPS) is 15.4. The van der Waals surface area contributed by atoms with Gasteiger partial charge < -0.3 is 5.11 Å². The number of carbonyl (C=O) groups is 1. The Bertz CT molecular complexity index is 765. The molecule has 22 heavy (non-hydrogen) atoms. The summed E-state index contributed by atoms with van der Waals surface area (Å²) < 4.78 is 0. The quantitative estimate of drug-likeness (QED) is 0.885. The van der Waals surface area contributed by atoms with E-state index in [9.17, 15) is 4.79 Å². The zero-order valence-corrected chi connectivity index (χ0v) is 13.0. The number of aliphatic carboxylic acids is 1. The van der Waals surface area contributed by atoms with E-state index in [1.807, 2.05) is 19.1 Å². The molecule has 0 fully saturated rings. The molecule has 0 bridgehead atoms. The van der Waals surface area contributed by atoms with Crippen molar-refractivity contribution in [2.45, 2.75) is 26.8 Å². The summed E-state index contributed by atoms with van der Waals surface area (Å²) >= 11 is 0. The van der Waals surface area contributed by atoms with E-state index in [1.54, 1.807) is 6.08 Å². The van der Waals surface area contributed by atoms with Crippen LogP contribution in [-0.4, -0.2) is 34.0 Å². The third-order valence-electron chi connectivity index (χ3n) is 4.26. The number of rotatable bonds is 3. The second kappa shape index (κ2) is 5.89. The summed E-state index contributed by atoms with van der Waals surface area (Å²) in [6, 6.07) is 6.16. The molecule has 4 nitrogen and oxygen atoms in total. The first kappa shape index (κ1) is 14.7. The molecule has 0 aliphatic carbocycles. The first-order valence-corrected chi connectivity index (χ1v) is 7.64. The van der Waals surface area contributed by atoms with Crippen molar-refractivity contribution in [2.75, 3.05) is 13.1 Å². The molecule has 1 aliphatic heterocycles. The number of hydrogen-bond acceptors (Lipinski definition) is 3. The molecule has 0 unspecified atom stereocenters. The van der Waals surface area contributed by atoms with Crippen molar-refractivity contribution >= 4 is 22.9 Å². The first-order chi connectivity index (χ1) is 10.6. The molecule has 1 aromatic heterocycles. The van der Waals surface area contributed by atoms with Crippen molar-refractivity contribution < 1.29 is 9.90 Å². The molecule has 4 heteroatoms. The Morgan fingerprint density at radius 3 is 3.00 bits per heavy atom. The fraction of sp³-hybridized carbons (Fsp3) is 0.333. The molecule has 3 rings (SSSR count).